The molecule has 2 aromatic carbocycles. The van der Waals surface area contributed by atoms with Crippen molar-refractivity contribution in [3.63, 3.8) is 0 Å². The molecule has 0 aromatic heterocycles. The molecule has 1 atom stereocenters. The number of hydrogen-bond acceptors (Lipinski definition) is 2. The lowest BCUT2D eigenvalue weighted by Crippen LogP contribution is -2.13. The zero-order chi connectivity index (χ0) is 15.9. The van der Waals surface area contributed by atoms with Gasteiger partial charge < -0.3 is 9.84 Å². The number of para-hydroxylation sites is 1. The van der Waals surface area contributed by atoms with Crippen LogP contribution in [0.15, 0.2) is 48.5 Å². The molecule has 0 heterocycles. The normalized spacial score (nSPS) is 11.9. The molecule has 2 rings (SSSR count). The van der Waals surface area contributed by atoms with Gasteiger partial charge in [0.15, 0.2) is 0 Å². The molecule has 1 N–H and O–H groups in total. The van der Waals surface area contributed by atoms with Gasteiger partial charge in [-0.1, -0.05) is 41.9 Å². The summed E-state index contributed by atoms with van der Waals surface area (Å²) in [7, 11) is 0. The van der Waals surface area contributed by atoms with E-state index in [9.17, 15) is 9.90 Å². The number of aryl methyl sites for hydroxylation is 1. The molecule has 0 saturated heterocycles. The molecule has 0 bridgehead atoms. The summed E-state index contributed by atoms with van der Waals surface area (Å²) in [5, 5.41) is 9.99. The first-order valence-corrected chi connectivity index (χ1v) is 7.62. The number of carboxylic acids is 1. The Morgan fingerprint density at radius 3 is 2.50 bits per heavy atom. The molecule has 3 nitrogen and oxygen atoms in total. The third kappa shape index (κ3) is 4.50. The number of rotatable bonds is 7. The van der Waals surface area contributed by atoms with E-state index in [0.29, 0.717) is 24.5 Å². The molecule has 0 aliphatic heterocycles. The fourth-order valence-electron chi connectivity index (χ4n) is 2.32. The Morgan fingerprint density at radius 1 is 1.18 bits per heavy atom. The lowest BCUT2D eigenvalue weighted by Gasteiger charge is -2.14. The lowest BCUT2D eigenvalue weighted by molar-refractivity contribution is -0.139. The molecule has 0 saturated carbocycles. The van der Waals surface area contributed by atoms with Gasteiger partial charge in [0, 0.05) is 5.02 Å². The van der Waals surface area contributed by atoms with E-state index in [4.69, 9.17) is 16.3 Å². The Balaban J connectivity index is 1.89. The third-order valence-corrected chi connectivity index (χ3v) is 3.81. The summed E-state index contributed by atoms with van der Waals surface area (Å²) >= 11 is 5.84. The number of halogens is 1. The van der Waals surface area contributed by atoms with Crippen molar-refractivity contribution in [2.75, 3.05) is 6.61 Å². The van der Waals surface area contributed by atoms with Crippen molar-refractivity contribution >= 4 is 17.6 Å². The molecule has 1 unspecified atom stereocenters. The van der Waals surface area contributed by atoms with E-state index >= 15 is 0 Å². The van der Waals surface area contributed by atoms with Crippen molar-refractivity contribution < 1.29 is 14.6 Å². The van der Waals surface area contributed by atoms with Crippen molar-refractivity contribution in [1.82, 2.24) is 0 Å². The highest BCUT2D eigenvalue weighted by molar-refractivity contribution is 6.30. The lowest BCUT2D eigenvalue weighted by atomic mass is 9.94. The number of ether oxygens (including phenoxy) is 1. The summed E-state index contributed by atoms with van der Waals surface area (Å²) in [5.41, 5.74) is 1.85. The van der Waals surface area contributed by atoms with E-state index in [1.165, 1.54) is 0 Å². The van der Waals surface area contributed by atoms with Crippen LogP contribution in [0.3, 0.4) is 0 Å². The average molecular weight is 319 g/mol. The summed E-state index contributed by atoms with van der Waals surface area (Å²) in [4.78, 5) is 11.4. The van der Waals surface area contributed by atoms with Crippen LogP contribution in [0.5, 0.6) is 5.75 Å². The Bertz CT molecular complexity index is 622. The molecule has 2 aromatic rings. The van der Waals surface area contributed by atoms with Crippen molar-refractivity contribution in [2.24, 2.45) is 0 Å². The minimum absolute atomic E-state index is 0.502. The molecule has 4 heteroatoms. The van der Waals surface area contributed by atoms with Crippen molar-refractivity contribution in [2.45, 2.75) is 25.7 Å². The van der Waals surface area contributed by atoms with Crippen LogP contribution in [-0.2, 0) is 4.79 Å². The van der Waals surface area contributed by atoms with Gasteiger partial charge in [-0.3, -0.25) is 4.79 Å². The summed E-state index contributed by atoms with van der Waals surface area (Å²) in [6, 6.07) is 14.8. The molecule has 0 aliphatic rings. The largest absolute Gasteiger partial charge is 0.493 e. The second kappa shape index (κ2) is 7.85. The van der Waals surface area contributed by atoms with Gasteiger partial charge in [0.1, 0.15) is 5.75 Å². The minimum atomic E-state index is -0.821. The molecule has 116 valence electrons. The Hall–Kier alpha value is -2.00. The predicted octanol–water partition coefficient (Wildman–Crippen LogP) is 4.68. The fraction of sp³-hybridized carbons (Fsp3) is 0.278. The van der Waals surface area contributed by atoms with E-state index in [1.54, 1.807) is 24.3 Å². The van der Waals surface area contributed by atoms with E-state index in [2.05, 4.69) is 0 Å². The molecule has 0 fully saturated rings. The van der Waals surface area contributed by atoms with E-state index in [1.807, 2.05) is 31.2 Å². The van der Waals surface area contributed by atoms with E-state index < -0.39 is 11.9 Å². The summed E-state index contributed by atoms with van der Waals surface area (Å²) in [6.45, 7) is 2.49. The Kier molecular flexibility index (Phi) is 5.84. The zero-order valence-electron chi connectivity index (χ0n) is 12.5. The number of carbonyl (C=O) groups is 1. The SMILES string of the molecule is Cc1ccccc1OCCCC(C(=O)O)c1ccc(Cl)cc1. The van der Waals surface area contributed by atoms with Crippen molar-refractivity contribution in [3.05, 3.63) is 64.7 Å². The second-order valence-electron chi connectivity index (χ2n) is 5.20. The number of carboxylic acid groups (broad SMARTS) is 1. The first kappa shape index (κ1) is 16.4. The smallest absolute Gasteiger partial charge is 0.310 e. The highest BCUT2D eigenvalue weighted by Crippen LogP contribution is 2.24. The topological polar surface area (TPSA) is 46.5 Å². The monoisotopic (exact) mass is 318 g/mol. The zero-order valence-corrected chi connectivity index (χ0v) is 13.2. The molecule has 0 amide bonds. The van der Waals surface area contributed by atoms with Crippen LogP contribution in [0.1, 0.15) is 29.9 Å². The van der Waals surface area contributed by atoms with Gasteiger partial charge in [-0.25, -0.2) is 0 Å². The van der Waals surface area contributed by atoms with Crippen LogP contribution in [0, 0.1) is 6.92 Å². The molecule has 0 spiro atoms. The summed E-state index contributed by atoms with van der Waals surface area (Å²) in [5.74, 6) is -0.503. The van der Waals surface area contributed by atoms with Crippen LogP contribution >= 0.6 is 11.6 Å². The molecular weight excluding hydrogens is 300 g/mol. The maximum absolute atomic E-state index is 11.4. The molecule has 0 radical (unpaired) electrons. The minimum Gasteiger partial charge on any atom is -0.493 e. The van der Waals surface area contributed by atoms with Gasteiger partial charge in [-0.2, -0.15) is 0 Å². The third-order valence-electron chi connectivity index (χ3n) is 3.56. The number of benzene rings is 2. The van der Waals surface area contributed by atoms with Gasteiger partial charge >= 0.3 is 5.97 Å². The van der Waals surface area contributed by atoms with E-state index in [-0.39, 0.29) is 0 Å². The van der Waals surface area contributed by atoms with Crippen LogP contribution < -0.4 is 4.74 Å². The first-order chi connectivity index (χ1) is 10.6. The van der Waals surface area contributed by atoms with Crippen LogP contribution in [0.4, 0.5) is 0 Å². The maximum Gasteiger partial charge on any atom is 0.310 e. The van der Waals surface area contributed by atoms with Crippen LogP contribution in [0.2, 0.25) is 5.02 Å². The standard InChI is InChI=1S/C18H19ClO3/c1-13-5-2-3-7-17(13)22-12-4-6-16(18(20)21)14-8-10-15(19)11-9-14/h2-3,5,7-11,16H,4,6,12H2,1H3,(H,20,21). The average Bonchev–Trinajstić information content (AvgIpc) is 2.50. The van der Waals surface area contributed by atoms with Crippen LogP contribution in [0.25, 0.3) is 0 Å². The quantitative estimate of drug-likeness (QED) is 0.754. The van der Waals surface area contributed by atoms with Gasteiger partial charge in [-0.05, 0) is 49.1 Å². The van der Waals surface area contributed by atoms with Gasteiger partial charge in [-0.15, -0.1) is 0 Å². The van der Waals surface area contributed by atoms with Gasteiger partial charge in [0.05, 0.1) is 12.5 Å². The Morgan fingerprint density at radius 2 is 1.86 bits per heavy atom. The van der Waals surface area contributed by atoms with E-state index in [0.717, 1.165) is 16.9 Å². The molecular formula is C18H19ClO3. The summed E-state index contributed by atoms with van der Waals surface area (Å²) in [6.07, 6.45) is 1.21. The van der Waals surface area contributed by atoms with Crippen molar-refractivity contribution in [1.29, 1.82) is 0 Å². The van der Waals surface area contributed by atoms with Gasteiger partial charge in [0.2, 0.25) is 0 Å². The van der Waals surface area contributed by atoms with Crippen LogP contribution in [-0.4, -0.2) is 17.7 Å². The molecule has 0 aliphatic carbocycles. The Labute approximate surface area is 135 Å². The molecule has 22 heavy (non-hydrogen) atoms. The van der Waals surface area contributed by atoms with Gasteiger partial charge in [0.25, 0.3) is 0 Å². The maximum atomic E-state index is 11.4. The first-order valence-electron chi connectivity index (χ1n) is 7.24. The fourth-order valence-corrected chi connectivity index (χ4v) is 2.44. The summed E-state index contributed by atoms with van der Waals surface area (Å²) < 4.78 is 5.71. The highest BCUT2D eigenvalue weighted by atomic mass is 35.5. The number of aliphatic carboxylic acids is 1. The number of hydrogen-bond donors (Lipinski definition) is 1. The van der Waals surface area contributed by atoms with Crippen molar-refractivity contribution in [3.8, 4) is 5.75 Å². The predicted molar refractivity (Wildman–Crippen MR) is 87.7 cm³/mol. The highest BCUT2D eigenvalue weighted by Gasteiger charge is 2.19. The second-order valence-corrected chi connectivity index (χ2v) is 5.63.